The Bertz CT molecular complexity index is 2470. The number of alkyl carbamates (subject to hydrolysis) is 1. The van der Waals surface area contributed by atoms with E-state index in [9.17, 15) is 40.7 Å². The Balaban J connectivity index is 0.000000256. The second-order valence-corrected chi connectivity index (χ2v) is 19.7. The van der Waals surface area contributed by atoms with Gasteiger partial charge in [-0.1, -0.05) is 39.8 Å². The Morgan fingerprint density at radius 2 is 1.10 bits per heavy atom. The first-order chi connectivity index (χ1) is 30.9. The number of hydrogen-bond donors (Lipinski definition) is 2. The van der Waals surface area contributed by atoms with Crippen molar-refractivity contribution in [3.8, 4) is 33.8 Å². The number of nitrogens with zero attached hydrogens (tertiary/aromatic N) is 4. The Morgan fingerprint density at radius 1 is 0.687 bits per heavy atom. The summed E-state index contributed by atoms with van der Waals surface area (Å²) in [4.78, 5) is 48.9. The van der Waals surface area contributed by atoms with Crippen LogP contribution in [0.2, 0.25) is 0 Å². The van der Waals surface area contributed by atoms with Crippen LogP contribution in [-0.4, -0.2) is 81.7 Å². The third-order valence-electron chi connectivity index (χ3n) is 10.8. The molecule has 0 unspecified atom stereocenters. The van der Waals surface area contributed by atoms with Crippen LogP contribution < -0.4 is 20.5 Å². The van der Waals surface area contributed by atoms with E-state index in [0.29, 0.717) is 59.6 Å². The minimum Gasteiger partial charge on any atom is -0.491 e. The zero-order valence-corrected chi connectivity index (χ0v) is 39.8. The predicted molar refractivity (Wildman–Crippen MR) is 241 cm³/mol. The standard InChI is InChI=1S/C27H34F3N3O4.C22H26F3N3O2/c1-16(2)13-26(6,32-24(35)37-25(3,4)5)15-36-21-9-8-17(12-19(21)27(28,29)30)18-10-11-31-20-14-33(7)23(34)22(18)20;1-13(2)10-21(3,26)12-30-18-6-5-14(9-16(18)22(23,24)25)15-7-8-27-17-11-28(4)20(29)19(15)17/h8-12,16H,13-15H2,1-7H3,(H,32,35);5-9,13H,10-12,26H2,1-4H3/t26-;21-/m00/s1. The van der Waals surface area contributed by atoms with Gasteiger partial charge in [-0.05, 0) is 118 Å². The summed E-state index contributed by atoms with van der Waals surface area (Å²) in [5, 5.41) is 2.77. The highest BCUT2D eigenvalue weighted by Gasteiger charge is 2.39. The number of nitrogens with one attached hydrogen (secondary N) is 1. The third-order valence-corrected chi connectivity index (χ3v) is 10.8. The van der Waals surface area contributed by atoms with Crippen molar-refractivity contribution >= 4 is 17.9 Å². The lowest BCUT2D eigenvalue weighted by molar-refractivity contribution is -0.139. The molecule has 2 aliphatic heterocycles. The molecule has 0 bridgehead atoms. The number of rotatable bonds is 13. The van der Waals surface area contributed by atoms with E-state index in [1.54, 1.807) is 54.8 Å². The SMILES string of the molecule is CC(C)C[C@@](C)(COc1ccc(-c2ccnc3c2C(=O)N(C)C3)cc1C(F)(F)F)NC(=O)OC(C)(C)C.CC(C)C[C@](C)(N)COc1ccc(-c2ccnc3c2C(=O)N(C)C3)cc1C(F)(F)F. The van der Waals surface area contributed by atoms with E-state index in [1.807, 2.05) is 27.7 Å². The summed E-state index contributed by atoms with van der Waals surface area (Å²) in [6.45, 7) is 16.9. The monoisotopic (exact) mass is 942 g/mol. The number of alkyl halides is 6. The number of halogens is 6. The highest BCUT2D eigenvalue weighted by Crippen LogP contribution is 2.42. The van der Waals surface area contributed by atoms with Crippen molar-refractivity contribution in [2.24, 2.45) is 17.6 Å². The molecule has 12 nitrogen and oxygen atoms in total. The van der Waals surface area contributed by atoms with Crippen LogP contribution in [0, 0.1) is 11.8 Å². The van der Waals surface area contributed by atoms with Gasteiger partial charge >= 0.3 is 18.4 Å². The number of benzene rings is 2. The predicted octanol–water partition coefficient (Wildman–Crippen LogP) is 10.6. The van der Waals surface area contributed by atoms with Crippen molar-refractivity contribution in [1.82, 2.24) is 25.1 Å². The second kappa shape index (κ2) is 19.7. The molecule has 2 aromatic heterocycles. The number of carbonyl (C=O) groups is 3. The first kappa shape index (κ1) is 52.1. The maximum Gasteiger partial charge on any atom is 0.419 e. The van der Waals surface area contributed by atoms with Gasteiger partial charge in [-0.3, -0.25) is 19.6 Å². The maximum absolute atomic E-state index is 14.1. The Kier molecular flexibility index (Phi) is 15.3. The number of ether oxygens (including phenoxy) is 3. The molecule has 4 aromatic rings. The lowest BCUT2D eigenvalue weighted by Crippen LogP contribution is -2.52. The van der Waals surface area contributed by atoms with Crippen molar-refractivity contribution in [2.45, 2.75) is 117 Å². The third kappa shape index (κ3) is 13.2. The van der Waals surface area contributed by atoms with E-state index in [0.717, 1.165) is 12.1 Å². The molecule has 0 fully saturated rings. The number of pyridine rings is 2. The van der Waals surface area contributed by atoms with Crippen LogP contribution in [0.25, 0.3) is 22.3 Å². The van der Waals surface area contributed by atoms with Gasteiger partial charge in [0, 0.05) is 32.0 Å². The highest BCUT2D eigenvalue weighted by atomic mass is 19.4. The van der Waals surface area contributed by atoms with Gasteiger partial charge in [0.1, 0.15) is 30.3 Å². The van der Waals surface area contributed by atoms with Gasteiger partial charge in [0.2, 0.25) is 0 Å². The molecule has 0 saturated heterocycles. The number of carbonyl (C=O) groups excluding carboxylic acids is 3. The van der Waals surface area contributed by atoms with Crippen LogP contribution in [0.3, 0.4) is 0 Å². The summed E-state index contributed by atoms with van der Waals surface area (Å²) in [5.41, 5.74) is 4.90. The molecule has 6 rings (SSSR count). The van der Waals surface area contributed by atoms with Crippen LogP contribution in [0.15, 0.2) is 60.9 Å². The van der Waals surface area contributed by atoms with Crippen LogP contribution in [0.5, 0.6) is 11.5 Å². The van der Waals surface area contributed by atoms with Crippen LogP contribution >= 0.6 is 0 Å². The van der Waals surface area contributed by atoms with Gasteiger partial charge < -0.3 is 35.1 Å². The number of aromatic nitrogens is 2. The Labute approximate surface area is 387 Å². The average Bonchev–Trinajstić information content (AvgIpc) is 3.66. The van der Waals surface area contributed by atoms with Crippen molar-refractivity contribution in [1.29, 1.82) is 0 Å². The van der Waals surface area contributed by atoms with Crippen LogP contribution in [0.1, 0.15) is 118 Å². The Morgan fingerprint density at radius 3 is 1.49 bits per heavy atom. The fourth-order valence-electron chi connectivity index (χ4n) is 8.34. The molecular formula is C49H60F6N6O6. The van der Waals surface area contributed by atoms with Crippen molar-refractivity contribution in [3.05, 3.63) is 94.6 Å². The molecule has 3 amide bonds. The van der Waals surface area contributed by atoms with Gasteiger partial charge in [-0.2, -0.15) is 26.3 Å². The van der Waals surface area contributed by atoms with Crippen LogP contribution in [0.4, 0.5) is 31.1 Å². The minimum absolute atomic E-state index is 0.0401. The van der Waals surface area contributed by atoms with E-state index in [4.69, 9.17) is 19.9 Å². The summed E-state index contributed by atoms with van der Waals surface area (Å²) in [6, 6.07) is 10.7. The molecule has 364 valence electrons. The summed E-state index contributed by atoms with van der Waals surface area (Å²) in [7, 11) is 3.25. The van der Waals surface area contributed by atoms with Crippen molar-refractivity contribution in [3.63, 3.8) is 0 Å². The number of fused-ring (bicyclic) bond motifs is 2. The van der Waals surface area contributed by atoms with Crippen molar-refractivity contribution in [2.75, 3.05) is 27.3 Å². The summed E-state index contributed by atoms with van der Waals surface area (Å²) < 4.78 is 100. The topological polar surface area (TPSA) is 149 Å². The minimum atomic E-state index is -4.71. The molecule has 2 aromatic carbocycles. The lowest BCUT2D eigenvalue weighted by Gasteiger charge is -2.33. The smallest absolute Gasteiger partial charge is 0.419 e. The van der Waals surface area contributed by atoms with Gasteiger partial charge in [0.25, 0.3) is 11.8 Å². The van der Waals surface area contributed by atoms with Crippen molar-refractivity contribution < 1.29 is 54.9 Å². The number of hydrogen-bond acceptors (Lipinski definition) is 9. The average molecular weight is 943 g/mol. The summed E-state index contributed by atoms with van der Waals surface area (Å²) >= 11 is 0. The van der Waals surface area contributed by atoms with E-state index in [-0.39, 0.29) is 59.5 Å². The molecule has 0 aliphatic carbocycles. The summed E-state index contributed by atoms with van der Waals surface area (Å²) in [5.74, 6) is -0.776. The normalized spacial score (nSPS) is 15.7. The first-order valence-corrected chi connectivity index (χ1v) is 21.8. The molecule has 67 heavy (non-hydrogen) atoms. The molecule has 4 heterocycles. The molecule has 0 radical (unpaired) electrons. The first-order valence-electron chi connectivity index (χ1n) is 21.8. The quantitative estimate of drug-likeness (QED) is 0.125. The largest absolute Gasteiger partial charge is 0.491 e. The zero-order valence-electron chi connectivity index (χ0n) is 39.8. The zero-order chi connectivity index (χ0) is 50.0. The van der Waals surface area contributed by atoms with E-state index < -0.39 is 46.3 Å². The summed E-state index contributed by atoms with van der Waals surface area (Å²) in [6.07, 6.45) is -5.95. The maximum atomic E-state index is 14.1. The van der Waals surface area contributed by atoms with Crippen LogP contribution in [-0.2, 0) is 30.2 Å². The molecule has 2 atom stereocenters. The van der Waals surface area contributed by atoms with Gasteiger partial charge in [0.05, 0.1) is 52.3 Å². The van der Waals surface area contributed by atoms with E-state index in [2.05, 4.69) is 15.3 Å². The molecule has 18 heteroatoms. The van der Waals surface area contributed by atoms with Gasteiger partial charge in [0.15, 0.2) is 0 Å². The molecular weight excluding hydrogens is 883 g/mol. The fraction of sp³-hybridized carbons (Fsp3) is 0.490. The van der Waals surface area contributed by atoms with Gasteiger partial charge in [-0.15, -0.1) is 0 Å². The lowest BCUT2D eigenvalue weighted by atomic mass is 9.91. The van der Waals surface area contributed by atoms with E-state index >= 15 is 0 Å². The van der Waals surface area contributed by atoms with E-state index in [1.165, 1.54) is 52.5 Å². The second-order valence-electron chi connectivity index (χ2n) is 19.7. The number of amides is 3. The Hall–Kier alpha value is -5.91. The molecule has 2 aliphatic rings. The van der Waals surface area contributed by atoms with Gasteiger partial charge in [-0.25, -0.2) is 4.79 Å². The fourth-order valence-corrected chi connectivity index (χ4v) is 8.34. The molecule has 0 saturated carbocycles. The molecule has 0 spiro atoms. The highest BCUT2D eigenvalue weighted by molar-refractivity contribution is 6.04. The molecule has 3 N–H and O–H groups in total. The number of nitrogens with two attached hydrogens (primary N) is 1.